The van der Waals surface area contributed by atoms with Gasteiger partial charge in [0.15, 0.2) is 0 Å². The molecule has 0 amide bonds. The third-order valence-electron chi connectivity index (χ3n) is 3.77. The Labute approximate surface area is 96.3 Å². The van der Waals surface area contributed by atoms with Crippen molar-refractivity contribution >= 4 is 5.69 Å². The summed E-state index contributed by atoms with van der Waals surface area (Å²) >= 11 is 0. The van der Waals surface area contributed by atoms with Crippen LogP contribution in [0.3, 0.4) is 0 Å². The lowest BCUT2D eigenvalue weighted by Gasteiger charge is -2.32. The van der Waals surface area contributed by atoms with E-state index in [1.165, 1.54) is 44.6 Å². The fourth-order valence-corrected chi connectivity index (χ4v) is 2.88. The summed E-state index contributed by atoms with van der Waals surface area (Å²) in [6, 6.07) is 0.693. The summed E-state index contributed by atoms with van der Waals surface area (Å²) in [6.45, 7) is 4.86. The highest BCUT2D eigenvalue weighted by atomic mass is 15.3. The Balaban J connectivity index is 1.84. The minimum Gasteiger partial charge on any atom is -0.365 e. The largest absolute Gasteiger partial charge is 0.365 e. The van der Waals surface area contributed by atoms with Crippen molar-refractivity contribution < 1.29 is 0 Å². The molecular weight excluding hydrogens is 200 g/mol. The number of fused-ring (bicyclic) bond motifs is 3. The van der Waals surface area contributed by atoms with Crippen LogP contribution in [0.2, 0.25) is 0 Å². The molecule has 4 heteroatoms. The average molecular weight is 218 g/mol. The van der Waals surface area contributed by atoms with Crippen LogP contribution in [0, 0.1) is 0 Å². The van der Waals surface area contributed by atoms with Crippen molar-refractivity contribution in [3.63, 3.8) is 0 Å². The second kappa shape index (κ2) is 4.37. The molecule has 2 aliphatic heterocycles. The molecule has 1 aromatic heterocycles. The van der Waals surface area contributed by atoms with E-state index >= 15 is 0 Å². The van der Waals surface area contributed by atoms with Crippen LogP contribution in [0.15, 0.2) is 18.7 Å². The van der Waals surface area contributed by atoms with Gasteiger partial charge in [-0.25, -0.2) is 9.97 Å². The lowest BCUT2D eigenvalue weighted by atomic mass is 10.1. The van der Waals surface area contributed by atoms with Gasteiger partial charge in [0, 0.05) is 25.7 Å². The maximum absolute atomic E-state index is 4.13. The molecule has 0 aromatic carbocycles. The summed E-state index contributed by atoms with van der Waals surface area (Å²) in [5.74, 6) is 0. The number of hydrogen-bond acceptors (Lipinski definition) is 4. The van der Waals surface area contributed by atoms with E-state index in [1.54, 1.807) is 6.33 Å². The van der Waals surface area contributed by atoms with Gasteiger partial charge in [-0.05, 0) is 25.8 Å². The number of hydrogen-bond donors (Lipinski definition) is 0. The predicted octanol–water partition coefficient (Wildman–Crippen LogP) is 1.15. The number of rotatable bonds is 1. The minimum absolute atomic E-state index is 0.693. The molecule has 16 heavy (non-hydrogen) atoms. The van der Waals surface area contributed by atoms with Crippen LogP contribution in [0.5, 0.6) is 0 Å². The molecule has 2 saturated heterocycles. The van der Waals surface area contributed by atoms with Crippen LogP contribution in [0.25, 0.3) is 0 Å². The molecule has 2 unspecified atom stereocenters. The van der Waals surface area contributed by atoms with E-state index in [1.807, 2.05) is 12.4 Å². The molecule has 4 nitrogen and oxygen atoms in total. The van der Waals surface area contributed by atoms with Gasteiger partial charge in [-0.1, -0.05) is 0 Å². The molecule has 3 heterocycles. The SMILES string of the molecule is c1ncc(N2CCN3CCCC2CC3)cn1. The normalized spacial score (nSPS) is 29.9. The maximum atomic E-state index is 4.13. The van der Waals surface area contributed by atoms with Gasteiger partial charge < -0.3 is 9.80 Å². The molecule has 3 rings (SSSR count). The van der Waals surface area contributed by atoms with Crippen molar-refractivity contribution in [1.82, 2.24) is 14.9 Å². The first kappa shape index (κ1) is 10.0. The van der Waals surface area contributed by atoms with E-state index in [0.717, 1.165) is 6.54 Å². The van der Waals surface area contributed by atoms with Crippen molar-refractivity contribution in [2.24, 2.45) is 0 Å². The molecule has 0 spiro atoms. The van der Waals surface area contributed by atoms with Gasteiger partial charge in [0.2, 0.25) is 0 Å². The highest BCUT2D eigenvalue weighted by Crippen LogP contribution is 2.25. The first-order valence-corrected chi connectivity index (χ1v) is 6.17. The standard InChI is InChI=1S/C12H18N4/c1-2-11-3-5-15(4-1)6-7-16(11)12-8-13-10-14-9-12/h8-11H,1-7H2. The van der Waals surface area contributed by atoms with Crippen molar-refractivity contribution in [3.8, 4) is 0 Å². The van der Waals surface area contributed by atoms with Gasteiger partial charge in [0.05, 0.1) is 18.1 Å². The molecule has 2 bridgehead atoms. The van der Waals surface area contributed by atoms with Gasteiger partial charge >= 0.3 is 0 Å². The van der Waals surface area contributed by atoms with Crippen LogP contribution in [0.4, 0.5) is 5.69 Å². The van der Waals surface area contributed by atoms with Gasteiger partial charge in [0.25, 0.3) is 0 Å². The van der Waals surface area contributed by atoms with E-state index in [4.69, 9.17) is 0 Å². The van der Waals surface area contributed by atoms with E-state index in [-0.39, 0.29) is 0 Å². The van der Waals surface area contributed by atoms with Crippen LogP contribution in [-0.4, -0.2) is 47.1 Å². The molecule has 0 saturated carbocycles. The highest BCUT2D eigenvalue weighted by Gasteiger charge is 2.27. The Morgan fingerprint density at radius 1 is 1.00 bits per heavy atom. The van der Waals surface area contributed by atoms with E-state index in [0.29, 0.717) is 6.04 Å². The van der Waals surface area contributed by atoms with Gasteiger partial charge in [-0.15, -0.1) is 0 Å². The Morgan fingerprint density at radius 3 is 2.75 bits per heavy atom. The van der Waals surface area contributed by atoms with Crippen molar-refractivity contribution in [3.05, 3.63) is 18.7 Å². The monoisotopic (exact) mass is 218 g/mol. The predicted molar refractivity (Wildman–Crippen MR) is 63.5 cm³/mol. The van der Waals surface area contributed by atoms with Gasteiger partial charge in [0.1, 0.15) is 6.33 Å². The summed E-state index contributed by atoms with van der Waals surface area (Å²) in [7, 11) is 0. The maximum Gasteiger partial charge on any atom is 0.115 e. The minimum atomic E-state index is 0.693. The van der Waals surface area contributed by atoms with Crippen LogP contribution in [0.1, 0.15) is 19.3 Å². The summed E-state index contributed by atoms with van der Waals surface area (Å²) in [6.07, 6.45) is 9.41. The van der Waals surface area contributed by atoms with E-state index < -0.39 is 0 Å². The van der Waals surface area contributed by atoms with E-state index in [9.17, 15) is 0 Å². The molecule has 86 valence electrons. The zero-order valence-corrected chi connectivity index (χ0v) is 9.55. The lowest BCUT2D eigenvalue weighted by molar-refractivity contribution is 0.298. The third-order valence-corrected chi connectivity index (χ3v) is 3.77. The number of anilines is 1. The van der Waals surface area contributed by atoms with Crippen molar-refractivity contribution in [2.75, 3.05) is 31.1 Å². The smallest absolute Gasteiger partial charge is 0.115 e. The fourth-order valence-electron chi connectivity index (χ4n) is 2.88. The Hall–Kier alpha value is -1.16. The van der Waals surface area contributed by atoms with Crippen LogP contribution in [-0.2, 0) is 0 Å². The first-order chi connectivity index (χ1) is 7.93. The summed E-state index contributed by atoms with van der Waals surface area (Å²) in [4.78, 5) is 13.3. The van der Waals surface area contributed by atoms with Gasteiger partial charge in [-0.2, -0.15) is 0 Å². The van der Waals surface area contributed by atoms with Crippen LogP contribution >= 0.6 is 0 Å². The number of nitrogens with zero attached hydrogens (tertiary/aromatic N) is 4. The quantitative estimate of drug-likeness (QED) is 0.708. The van der Waals surface area contributed by atoms with Gasteiger partial charge in [-0.3, -0.25) is 0 Å². The third kappa shape index (κ3) is 1.89. The Morgan fingerprint density at radius 2 is 1.88 bits per heavy atom. The summed E-state index contributed by atoms with van der Waals surface area (Å²) in [5, 5.41) is 0. The molecule has 2 aliphatic rings. The zero-order valence-electron chi connectivity index (χ0n) is 9.55. The zero-order chi connectivity index (χ0) is 10.8. The Bertz CT molecular complexity index is 340. The highest BCUT2D eigenvalue weighted by molar-refractivity contribution is 5.43. The average Bonchev–Trinajstić information content (AvgIpc) is 2.64. The molecule has 2 fully saturated rings. The Kier molecular flexibility index (Phi) is 2.74. The molecule has 1 aromatic rings. The first-order valence-electron chi connectivity index (χ1n) is 6.17. The molecule has 0 aliphatic carbocycles. The van der Waals surface area contributed by atoms with E-state index in [2.05, 4.69) is 19.8 Å². The summed E-state index contributed by atoms with van der Waals surface area (Å²) < 4.78 is 0. The molecular formula is C12H18N4. The fraction of sp³-hybridized carbons (Fsp3) is 0.667. The second-order valence-electron chi connectivity index (χ2n) is 4.72. The molecule has 2 atom stereocenters. The van der Waals surface area contributed by atoms with Crippen molar-refractivity contribution in [1.29, 1.82) is 0 Å². The topological polar surface area (TPSA) is 32.3 Å². The summed E-state index contributed by atoms with van der Waals surface area (Å²) in [5.41, 5.74) is 1.19. The second-order valence-corrected chi connectivity index (χ2v) is 4.72. The lowest BCUT2D eigenvalue weighted by Crippen LogP contribution is -2.39. The molecule has 0 N–H and O–H groups in total. The number of aromatic nitrogens is 2. The van der Waals surface area contributed by atoms with Crippen LogP contribution < -0.4 is 4.90 Å². The van der Waals surface area contributed by atoms with Crippen molar-refractivity contribution in [2.45, 2.75) is 25.3 Å². The molecule has 0 radical (unpaired) electrons.